The SMILES string of the molecule is CO[C@@H]1/C=C/C=C(\C)Cc2cc(C)c(Cl)c(c2)N(C)C(=O)C[C@H](OC(=O)[C@H](C)N(C)C(=O)CCOCCOCCCC(=O)[C@H](CCC(=O)OC(C)(C)C)NC(=O)CCn2c(CN(C)N(C)C(=O)OCC3c4ccccc4-c4ccccc43)cc3ccccc32)[C@]2(C)OC2[C@H](C)[C@@H]2C[C@]1(O)NC(=O)O2. The molecule has 1 unspecified atom stereocenters. The molecule has 9 rings (SSSR count). The Morgan fingerprint density at radius 1 is 0.874 bits per heavy atom. The lowest BCUT2D eigenvalue weighted by molar-refractivity contribution is -0.162. The van der Waals surface area contributed by atoms with Crippen LogP contribution in [0.2, 0.25) is 5.02 Å². The Morgan fingerprint density at radius 2 is 1.54 bits per heavy atom. The number of halogens is 1. The molecule has 1 aromatic heterocycles. The number of rotatable bonds is 27. The maximum Gasteiger partial charge on any atom is 0.424 e. The van der Waals surface area contributed by atoms with E-state index < -0.39 is 101 Å². The number of likely N-dealkylation sites (N-methyl/N-ethyl adjacent to an activating group) is 1. The summed E-state index contributed by atoms with van der Waals surface area (Å²) in [6.07, 6.45) is 0.229. The number of ether oxygens (including phenoxy) is 8. The summed E-state index contributed by atoms with van der Waals surface area (Å²) >= 11 is 6.87. The fraction of sp³-hybridized carbons (Fsp3) is 0.513. The summed E-state index contributed by atoms with van der Waals surface area (Å²) in [6.45, 7) is 15.1. The van der Waals surface area contributed by atoms with Crippen molar-refractivity contribution in [1.82, 2.24) is 30.1 Å². The number of methoxy groups -OCH3 is 1. The number of hydrogen-bond acceptors (Lipinski definition) is 18. The number of amides is 5. The van der Waals surface area contributed by atoms with Gasteiger partial charge in [0.2, 0.25) is 17.7 Å². The Balaban J connectivity index is 0.741. The van der Waals surface area contributed by atoms with E-state index in [-0.39, 0.29) is 96.2 Å². The first-order valence-electron chi connectivity index (χ1n) is 35.2. The first-order chi connectivity index (χ1) is 48.9. The number of Topliss-reactive ketones (excluding diaryl/α,β-unsaturated/α-hetero) is 1. The van der Waals surface area contributed by atoms with Crippen LogP contribution in [0.15, 0.2) is 115 Å². The third-order valence-corrected chi connectivity index (χ3v) is 20.3. The van der Waals surface area contributed by atoms with E-state index in [9.17, 15) is 43.5 Å². The van der Waals surface area contributed by atoms with Gasteiger partial charge in [0, 0.05) is 97.2 Å². The highest BCUT2D eigenvalue weighted by molar-refractivity contribution is 6.34. The predicted octanol–water partition coefficient (Wildman–Crippen LogP) is 10.5. The molecular formula is C78H100ClN7O17. The van der Waals surface area contributed by atoms with Crippen LogP contribution in [0.4, 0.5) is 15.3 Å². The molecule has 1 aliphatic carbocycles. The number of para-hydroxylation sites is 1. The summed E-state index contributed by atoms with van der Waals surface area (Å²) in [7, 11) is 7.92. The highest BCUT2D eigenvalue weighted by atomic mass is 35.5. The summed E-state index contributed by atoms with van der Waals surface area (Å²) in [5.41, 5.74) is 5.28. The molecule has 25 heteroatoms. The van der Waals surface area contributed by atoms with Crippen LogP contribution in [0, 0.1) is 12.8 Å². The van der Waals surface area contributed by atoms with Crippen molar-refractivity contribution < 1.29 is 81.4 Å². The monoisotopic (exact) mass is 1440 g/mol. The van der Waals surface area contributed by atoms with Gasteiger partial charge in [-0.25, -0.2) is 24.4 Å². The Morgan fingerprint density at radius 3 is 2.23 bits per heavy atom. The number of esters is 2. The van der Waals surface area contributed by atoms with Crippen LogP contribution in [0.1, 0.15) is 134 Å². The molecule has 4 heterocycles. The number of ketones is 1. The number of aromatic nitrogens is 1. The molecule has 5 amide bonds. The quantitative estimate of drug-likeness (QED) is 0.0145. The van der Waals surface area contributed by atoms with Gasteiger partial charge in [0.05, 0.1) is 62.1 Å². The molecule has 103 heavy (non-hydrogen) atoms. The average Bonchev–Trinajstić information content (AvgIpc) is 1.58. The number of anilines is 1. The van der Waals surface area contributed by atoms with Gasteiger partial charge >= 0.3 is 24.1 Å². The molecule has 4 bridgehead atoms. The first-order valence-corrected chi connectivity index (χ1v) is 35.6. The van der Waals surface area contributed by atoms with E-state index in [1.807, 2.05) is 91.2 Å². The van der Waals surface area contributed by atoms with Crippen molar-refractivity contribution in [3.05, 3.63) is 148 Å². The van der Waals surface area contributed by atoms with Crippen LogP contribution in [-0.4, -0.2) is 194 Å². The molecule has 2 fully saturated rings. The van der Waals surface area contributed by atoms with E-state index in [2.05, 4.69) is 34.9 Å². The number of alkyl carbamates (subject to hydrolysis) is 1. The third-order valence-electron chi connectivity index (χ3n) is 19.8. The van der Waals surface area contributed by atoms with Crippen molar-refractivity contribution in [3.63, 3.8) is 0 Å². The van der Waals surface area contributed by atoms with Gasteiger partial charge in [-0.1, -0.05) is 115 Å². The second-order valence-corrected chi connectivity index (χ2v) is 28.9. The molecule has 556 valence electrons. The van der Waals surface area contributed by atoms with Gasteiger partial charge in [0.25, 0.3) is 0 Å². The lowest BCUT2D eigenvalue weighted by atomic mass is 9.83. The summed E-state index contributed by atoms with van der Waals surface area (Å²) in [4.78, 5) is 112. The molecule has 0 spiro atoms. The number of epoxide rings is 1. The zero-order valence-corrected chi connectivity index (χ0v) is 62.2. The fourth-order valence-electron chi connectivity index (χ4n) is 13.7. The summed E-state index contributed by atoms with van der Waals surface area (Å²) in [6, 6.07) is 27.8. The maximum absolute atomic E-state index is 14.4. The normalized spacial score (nSPS) is 22.6. The zero-order chi connectivity index (χ0) is 74.7. The van der Waals surface area contributed by atoms with Crippen molar-refractivity contribution in [2.75, 3.05) is 73.2 Å². The summed E-state index contributed by atoms with van der Waals surface area (Å²) in [5, 5.41) is 21.9. The minimum atomic E-state index is -1.88. The molecule has 0 radical (unpaired) electrons. The van der Waals surface area contributed by atoms with Gasteiger partial charge in [0.1, 0.15) is 42.2 Å². The summed E-state index contributed by atoms with van der Waals surface area (Å²) in [5.74, 6) is -3.56. The highest BCUT2D eigenvalue weighted by Crippen LogP contribution is 2.50. The number of hydrogen-bond donors (Lipinski definition) is 3. The largest absolute Gasteiger partial charge is 0.460 e. The van der Waals surface area contributed by atoms with E-state index in [1.54, 1.807) is 72.9 Å². The molecule has 9 atom stereocenters. The number of benzene rings is 4. The van der Waals surface area contributed by atoms with Crippen molar-refractivity contribution in [3.8, 4) is 11.1 Å². The Bertz CT molecular complexity index is 3930. The number of aliphatic hydroxyl groups is 1. The lowest BCUT2D eigenvalue weighted by Crippen LogP contribution is -2.63. The first kappa shape index (κ1) is 78.6. The number of carbonyl (C=O) groups is 8. The van der Waals surface area contributed by atoms with Crippen molar-refractivity contribution in [2.24, 2.45) is 5.92 Å². The van der Waals surface area contributed by atoms with Crippen LogP contribution in [0.25, 0.3) is 22.0 Å². The second kappa shape index (κ2) is 34.4. The van der Waals surface area contributed by atoms with Crippen LogP contribution in [0.3, 0.4) is 0 Å². The van der Waals surface area contributed by atoms with Crippen LogP contribution >= 0.6 is 11.6 Å². The maximum atomic E-state index is 14.4. The van der Waals surface area contributed by atoms with Crippen molar-refractivity contribution >= 4 is 75.8 Å². The number of hydrazine groups is 1. The van der Waals surface area contributed by atoms with E-state index in [0.29, 0.717) is 30.1 Å². The molecule has 24 nitrogen and oxygen atoms in total. The molecule has 2 saturated heterocycles. The van der Waals surface area contributed by atoms with Gasteiger partial charge in [0.15, 0.2) is 11.5 Å². The zero-order valence-electron chi connectivity index (χ0n) is 61.4. The smallest absolute Gasteiger partial charge is 0.424 e. The van der Waals surface area contributed by atoms with Crippen LogP contribution in [0.5, 0.6) is 0 Å². The minimum absolute atomic E-state index is 0.00144. The van der Waals surface area contributed by atoms with E-state index >= 15 is 0 Å². The number of nitrogens with zero attached hydrogens (tertiary/aromatic N) is 5. The van der Waals surface area contributed by atoms with Gasteiger partial charge in [-0.15, -0.1) is 0 Å². The van der Waals surface area contributed by atoms with Gasteiger partial charge < -0.3 is 62.7 Å². The molecule has 3 aliphatic heterocycles. The second-order valence-electron chi connectivity index (χ2n) is 28.5. The third kappa shape index (κ3) is 19.7. The molecule has 0 saturated carbocycles. The van der Waals surface area contributed by atoms with E-state index in [0.717, 1.165) is 55.6 Å². The predicted molar refractivity (Wildman–Crippen MR) is 387 cm³/mol. The Labute approximate surface area is 608 Å². The lowest BCUT2D eigenvalue weighted by Gasteiger charge is -2.42. The minimum Gasteiger partial charge on any atom is -0.460 e. The van der Waals surface area contributed by atoms with Crippen LogP contribution < -0.4 is 15.5 Å². The number of allylic oxidation sites excluding steroid dienone is 3. The molecule has 4 aliphatic rings. The number of aryl methyl sites for hydroxylation is 2. The summed E-state index contributed by atoms with van der Waals surface area (Å²) < 4.78 is 49.0. The molecular weight excluding hydrogens is 1340 g/mol. The van der Waals surface area contributed by atoms with E-state index in [4.69, 9.17) is 49.5 Å². The Kier molecular flexibility index (Phi) is 26.3. The van der Waals surface area contributed by atoms with Crippen molar-refractivity contribution in [1.29, 1.82) is 0 Å². The molecule has 4 aromatic carbocycles. The van der Waals surface area contributed by atoms with Crippen molar-refractivity contribution in [2.45, 2.75) is 186 Å². The van der Waals surface area contributed by atoms with E-state index in [1.165, 1.54) is 35.9 Å². The number of fused-ring (bicyclic) bond motifs is 9. The topological polar surface area (TPSA) is 276 Å². The highest BCUT2D eigenvalue weighted by Gasteiger charge is 2.64. The fourth-order valence-corrected chi connectivity index (χ4v) is 13.9. The van der Waals surface area contributed by atoms with Gasteiger partial charge in [-0.3, -0.25) is 29.3 Å². The number of carbonyl (C=O) groups excluding carboxylic acids is 8. The molecule has 3 N–H and O–H groups in total. The van der Waals surface area contributed by atoms with Gasteiger partial charge in [-0.05, 0) is 125 Å². The van der Waals surface area contributed by atoms with Crippen LogP contribution in [-0.2, 0) is 86.2 Å². The number of nitrogens with one attached hydrogen (secondary N) is 2. The van der Waals surface area contributed by atoms with Gasteiger partial charge in [-0.2, -0.15) is 0 Å². The Hall–Kier alpha value is -8.49. The average molecular weight is 1440 g/mol. The standard InChI is InChI=1S/C78H100ClN7O17/c1-48-22-20-30-65(96-13)78(95)45-64(100-74(93)81-78)50(3)72-77(8,103-72)66(44-69(90)84(11)62-42-52(40-48)41-49(2)71(62)79)101-73(92)51(4)83(10)68(89)34-37-98-39-38-97-36-21-29-63(87)60(31-32-70(91)102-76(5,6)7)80-67(88)33-35-86-54(43-53-23-14-19-28-61(53)86)46-82(9)85(12)75(94)99-47-59-57-26-17-15-24-55(57)56-25-16-18-27-58(56)59/h14-20,22-28,30,41-43,50-51,59-60,64-66,72,95H,21,29,31-40,44-47H2,1-13H3,(H,80,88)(H,81,93)/b30-20+,48-22+/t50-,51+,60+,64+,65-,66+,72?,77+,78-/m1/s1. The molecule has 5 aromatic rings.